The Hall–Kier alpha value is -2.24. The summed E-state index contributed by atoms with van der Waals surface area (Å²) >= 11 is 0. The lowest BCUT2D eigenvalue weighted by atomic mass is 10.3. The lowest BCUT2D eigenvalue weighted by molar-refractivity contribution is -0.131. The van der Waals surface area contributed by atoms with E-state index in [4.69, 9.17) is 9.15 Å². The molecule has 2 heterocycles. The number of esters is 1. The molecule has 0 aromatic carbocycles. The third-order valence-electron chi connectivity index (χ3n) is 3.55. The highest BCUT2D eigenvalue weighted by Crippen LogP contribution is 2.22. The van der Waals surface area contributed by atoms with Gasteiger partial charge in [-0.25, -0.2) is 4.79 Å². The van der Waals surface area contributed by atoms with Gasteiger partial charge in [-0.05, 0) is 12.8 Å². The van der Waals surface area contributed by atoms with Crippen LogP contribution in [0.15, 0.2) is 22.8 Å². The van der Waals surface area contributed by atoms with Gasteiger partial charge in [0.25, 0.3) is 0 Å². The molecule has 6 nitrogen and oxygen atoms in total. The zero-order chi connectivity index (χ0) is 16.1. The summed E-state index contributed by atoms with van der Waals surface area (Å²) in [5.74, 6) is -0.482. The molecule has 22 heavy (non-hydrogen) atoms. The van der Waals surface area contributed by atoms with E-state index in [1.807, 2.05) is 18.7 Å². The topological polar surface area (TPSA) is 64.7 Å². The third kappa shape index (κ3) is 3.16. The number of methoxy groups -OCH3 is 1. The molecule has 0 aliphatic heterocycles. The fourth-order valence-electron chi connectivity index (χ4n) is 2.56. The summed E-state index contributed by atoms with van der Waals surface area (Å²) in [7, 11) is 1.32. The van der Waals surface area contributed by atoms with Crippen molar-refractivity contribution >= 4 is 23.0 Å². The van der Waals surface area contributed by atoms with Crippen LogP contribution >= 0.6 is 0 Å². The molecular weight excluding hydrogens is 284 g/mol. The molecule has 0 atom stereocenters. The Morgan fingerprint density at radius 3 is 2.55 bits per heavy atom. The van der Waals surface area contributed by atoms with Crippen LogP contribution in [0.25, 0.3) is 11.1 Å². The van der Waals surface area contributed by atoms with E-state index in [9.17, 15) is 9.59 Å². The Morgan fingerprint density at radius 2 is 1.95 bits per heavy atom. The molecule has 2 rings (SSSR count). The monoisotopic (exact) mass is 306 g/mol. The Morgan fingerprint density at radius 1 is 1.27 bits per heavy atom. The van der Waals surface area contributed by atoms with Crippen molar-refractivity contribution in [2.45, 2.75) is 33.2 Å². The average molecular weight is 306 g/mol. The number of fused-ring (bicyclic) bond motifs is 1. The highest BCUT2D eigenvalue weighted by atomic mass is 16.5. The molecule has 0 bridgehead atoms. The number of hydrogen-bond donors (Lipinski definition) is 0. The van der Waals surface area contributed by atoms with Crippen LogP contribution in [-0.2, 0) is 16.1 Å². The fraction of sp³-hybridized carbons (Fsp3) is 0.500. The van der Waals surface area contributed by atoms with Gasteiger partial charge in [0.2, 0.25) is 5.91 Å². The molecule has 2 aromatic heterocycles. The Balaban J connectivity index is 2.30. The Labute approximate surface area is 129 Å². The molecule has 0 aliphatic rings. The summed E-state index contributed by atoms with van der Waals surface area (Å²) in [4.78, 5) is 26.3. The molecule has 0 spiro atoms. The maximum atomic E-state index is 12.5. The number of amides is 1. The second kappa shape index (κ2) is 7.15. The number of rotatable bonds is 7. The molecule has 0 fully saturated rings. The minimum absolute atomic E-state index is 0.00690. The Kier molecular flexibility index (Phi) is 5.25. The fourth-order valence-corrected chi connectivity index (χ4v) is 2.56. The van der Waals surface area contributed by atoms with Gasteiger partial charge in [0.1, 0.15) is 12.2 Å². The van der Waals surface area contributed by atoms with E-state index < -0.39 is 5.97 Å². The average Bonchev–Trinajstić information content (AvgIpc) is 3.09. The highest BCUT2D eigenvalue weighted by Gasteiger charge is 2.21. The van der Waals surface area contributed by atoms with Crippen molar-refractivity contribution in [3.8, 4) is 0 Å². The SMILES string of the molecule is CCCN(CCC)C(=O)Cn1c(C(=O)OC)cc2occc21. The predicted molar refractivity (Wildman–Crippen MR) is 82.7 cm³/mol. The van der Waals surface area contributed by atoms with Gasteiger partial charge in [-0.2, -0.15) is 0 Å². The molecule has 0 unspecified atom stereocenters. The first kappa shape index (κ1) is 16.1. The van der Waals surface area contributed by atoms with Crippen LogP contribution in [0.2, 0.25) is 0 Å². The lowest BCUT2D eigenvalue weighted by Gasteiger charge is -2.22. The number of nitrogens with zero attached hydrogens (tertiary/aromatic N) is 2. The summed E-state index contributed by atoms with van der Waals surface area (Å²) in [6.07, 6.45) is 3.35. The Bertz CT molecular complexity index is 650. The van der Waals surface area contributed by atoms with E-state index in [0.29, 0.717) is 11.3 Å². The number of ether oxygens (including phenoxy) is 1. The van der Waals surface area contributed by atoms with Crippen LogP contribution in [0.4, 0.5) is 0 Å². The number of carbonyl (C=O) groups excluding carboxylic acids is 2. The summed E-state index contributed by atoms with van der Waals surface area (Å²) in [6, 6.07) is 3.36. The van der Waals surface area contributed by atoms with Crippen LogP contribution in [0.5, 0.6) is 0 Å². The number of hydrogen-bond acceptors (Lipinski definition) is 4. The van der Waals surface area contributed by atoms with Crippen molar-refractivity contribution < 1.29 is 18.7 Å². The molecule has 0 radical (unpaired) electrons. The van der Waals surface area contributed by atoms with E-state index in [1.54, 1.807) is 23.0 Å². The molecule has 1 amide bonds. The zero-order valence-electron chi connectivity index (χ0n) is 13.3. The molecule has 0 saturated carbocycles. The molecule has 0 aliphatic carbocycles. The molecular formula is C16H22N2O4. The molecule has 6 heteroatoms. The first-order chi connectivity index (χ1) is 10.6. The first-order valence-electron chi connectivity index (χ1n) is 7.55. The standard InChI is InChI=1S/C16H22N2O4/c1-4-7-17(8-5-2)15(19)11-18-12-6-9-22-14(12)10-13(18)16(20)21-3/h6,9-10H,4-5,7-8,11H2,1-3H3. The minimum Gasteiger partial charge on any atom is -0.464 e. The maximum absolute atomic E-state index is 12.5. The number of aromatic nitrogens is 1. The minimum atomic E-state index is -0.475. The van der Waals surface area contributed by atoms with Crippen LogP contribution in [0, 0.1) is 0 Å². The van der Waals surface area contributed by atoms with Crippen LogP contribution in [-0.4, -0.2) is 41.5 Å². The van der Waals surface area contributed by atoms with Crippen molar-refractivity contribution in [2.75, 3.05) is 20.2 Å². The summed E-state index contributed by atoms with van der Waals surface area (Å²) < 4.78 is 11.8. The maximum Gasteiger partial charge on any atom is 0.354 e. The van der Waals surface area contributed by atoms with Gasteiger partial charge in [0, 0.05) is 25.2 Å². The zero-order valence-corrected chi connectivity index (χ0v) is 13.3. The van der Waals surface area contributed by atoms with Crippen LogP contribution in [0.1, 0.15) is 37.2 Å². The summed E-state index contributed by atoms with van der Waals surface area (Å²) in [5.41, 5.74) is 1.63. The quantitative estimate of drug-likeness (QED) is 0.738. The predicted octanol–water partition coefficient (Wildman–Crippen LogP) is 2.67. The molecule has 2 aromatic rings. The molecule has 120 valence electrons. The third-order valence-corrected chi connectivity index (χ3v) is 3.55. The van der Waals surface area contributed by atoms with Gasteiger partial charge in [-0.15, -0.1) is 0 Å². The van der Waals surface area contributed by atoms with Crippen LogP contribution < -0.4 is 0 Å². The van der Waals surface area contributed by atoms with Gasteiger partial charge in [0.15, 0.2) is 5.58 Å². The van der Waals surface area contributed by atoms with E-state index in [2.05, 4.69) is 0 Å². The summed E-state index contributed by atoms with van der Waals surface area (Å²) in [6.45, 7) is 5.62. The van der Waals surface area contributed by atoms with Gasteiger partial charge in [-0.3, -0.25) is 4.79 Å². The lowest BCUT2D eigenvalue weighted by Crippen LogP contribution is -2.35. The van der Waals surface area contributed by atoms with Crippen molar-refractivity contribution in [1.29, 1.82) is 0 Å². The first-order valence-corrected chi connectivity index (χ1v) is 7.55. The van der Waals surface area contributed by atoms with Crippen molar-refractivity contribution in [3.05, 3.63) is 24.1 Å². The smallest absolute Gasteiger partial charge is 0.354 e. The van der Waals surface area contributed by atoms with Gasteiger partial charge < -0.3 is 18.6 Å². The van der Waals surface area contributed by atoms with E-state index in [0.717, 1.165) is 31.4 Å². The second-order valence-corrected chi connectivity index (χ2v) is 5.16. The van der Waals surface area contributed by atoms with Crippen molar-refractivity contribution in [2.24, 2.45) is 0 Å². The number of furan rings is 1. The van der Waals surface area contributed by atoms with Crippen molar-refractivity contribution in [3.63, 3.8) is 0 Å². The van der Waals surface area contributed by atoms with E-state index >= 15 is 0 Å². The van der Waals surface area contributed by atoms with Crippen LogP contribution in [0.3, 0.4) is 0 Å². The van der Waals surface area contributed by atoms with Crippen molar-refractivity contribution in [1.82, 2.24) is 9.47 Å². The van der Waals surface area contributed by atoms with Gasteiger partial charge in [0.05, 0.1) is 18.9 Å². The molecule has 0 saturated heterocycles. The summed E-state index contributed by atoms with van der Waals surface area (Å²) in [5, 5.41) is 0. The normalized spacial score (nSPS) is 10.9. The second-order valence-electron chi connectivity index (χ2n) is 5.16. The van der Waals surface area contributed by atoms with Gasteiger partial charge >= 0.3 is 5.97 Å². The largest absolute Gasteiger partial charge is 0.464 e. The highest BCUT2D eigenvalue weighted by molar-refractivity contribution is 5.95. The van der Waals surface area contributed by atoms with E-state index in [-0.39, 0.29) is 12.5 Å². The van der Waals surface area contributed by atoms with Gasteiger partial charge in [-0.1, -0.05) is 13.8 Å². The van der Waals surface area contributed by atoms with E-state index in [1.165, 1.54) is 7.11 Å². The molecule has 0 N–H and O–H groups in total. The number of carbonyl (C=O) groups is 2.